The molecular weight excluding hydrogens is 734 g/mol. The monoisotopic (exact) mass is 791 g/mol. The molecule has 0 heterocycles. The fraction of sp³-hybridized carbons (Fsp3) is 0.583. The predicted octanol–water partition coefficient (Wildman–Crippen LogP) is -2.74. The van der Waals surface area contributed by atoms with Crippen molar-refractivity contribution in [3.8, 4) is 5.75 Å². The Bertz CT molecular complexity index is 1550. The second-order valence-corrected chi connectivity index (χ2v) is 14.0. The molecule has 0 unspecified atom stereocenters. The lowest BCUT2D eigenvalue weighted by atomic mass is 9.96. The lowest BCUT2D eigenvalue weighted by Gasteiger charge is -2.29. The van der Waals surface area contributed by atoms with Gasteiger partial charge in [0.2, 0.25) is 47.3 Å². The van der Waals surface area contributed by atoms with E-state index >= 15 is 0 Å². The van der Waals surface area contributed by atoms with E-state index in [4.69, 9.17) is 11.5 Å². The van der Waals surface area contributed by atoms with Crippen molar-refractivity contribution >= 4 is 53.2 Å². The second kappa shape index (κ2) is 23.9. The zero-order chi connectivity index (χ0) is 42.7. The average Bonchev–Trinajstić information content (AvgIpc) is 3.14. The number of hydrogen-bond acceptors (Lipinski definition) is 11. The number of hydrogen-bond donors (Lipinski definition) is 11. The van der Waals surface area contributed by atoms with Crippen molar-refractivity contribution in [1.82, 2.24) is 37.2 Å². The van der Waals surface area contributed by atoms with Crippen LogP contribution in [0.15, 0.2) is 24.3 Å². The van der Waals surface area contributed by atoms with Crippen molar-refractivity contribution < 1.29 is 53.4 Å². The molecule has 13 N–H and O–H groups in total. The van der Waals surface area contributed by atoms with Crippen molar-refractivity contribution in [2.24, 2.45) is 29.2 Å². The molecule has 0 saturated heterocycles. The highest BCUT2D eigenvalue weighted by Crippen LogP contribution is 2.13. The number of aromatic hydroxyl groups is 1. The molecule has 1 aromatic carbocycles. The zero-order valence-electron chi connectivity index (χ0n) is 32.6. The van der Waals surface area contributed by atoms with E-state index in [1.54, 1.807) is 41.5 Å². The van der Waals surface area contributed by atoms with E-state index in [1.165, 1.54) is 24.3 Å². The van der Waals surface area contributed by atoms with E-state index in [1.807, 2.05) is 0 Å². The Labute approximate surface area is 325 Å². The van der Waals surface area contributed by atoms with E-state index in [0.29, 0.717) is 12.0 Å². The lowest BCUT2D eigenvalue weighted by molar-refractivity contribution is -0.142. The molecule has 20 nitrogen and oxygen atoms in total. The third-order valence-corrected chi connectivity index (χ3v) is 8.68. The van der Waals surface area contributed by atoms with Gasteiger partial charge in [-0.1, -0.05) is 60.1 Å². The molecule has 0 aliphatic carbocycles. The number of primary amides is 1. The van der Waals surface area contributed by atoms with Gasteiger partial charge in [0.15, 0.2) is 0 Å². The first-order chi connectivity index (χ1) is 26.2. The number of benzene rings is 1. The summed E-state index contributed by atoms with van der Waals surface area (Å²) in [6.45, 7) is 8.39. The molecular formula is C36H57N9O11. The van der Waals surface area contributed by atoms with Crippen LogP contribution >= 0.6 is 0 Å². The van der Waals surface area contributed by atoms with E-state index in [-0.39, 0.29) is 25.0 Å². The van der Waals surface area contributed by atoms with E-state index < -0.39 is 121 Å². The molecule has 0 bridgehead atoms. The molecule has 0 aliphatic heterocycles. The molecule has 0 spiro atoms. The second-order valence-electron chi connectivity index (χ2n) is 14.0. The lowest BCUT2D eigenvalue weighted by Crippen LogP contribution is -2.60. The molecule has 8 amide bonds. The van der Waals surface area contributed by atoms with Crippen LogP contribution in [0.25, 0.3) is 0 Å². The van der Waals surface area contributed by atoms with Crippen LogP contribution in [0.5, 0.6) is 5.75 Å². The molecule has 312 valence electrons. The number of carbonyl (C=O) groups excluding carboxylic acids is 8. The maximum atomic E-state index is 13.5. The fourth-order valence-corrected chi connectivity index (χ4v) is 5.15. The first kappa shape index (κ1) is 48.2. The summed E-state index contributed by atoms with van der Waals surface area (Å²) in [6, 6.07) is -0.270. The van der Waals surface area contributed by atoms with Gasteiger partial charge in [-0.2, -0.15) is 0 Å². The van der Waals surface area contributed by atoms with Crippen LogP contribution in [0.1, 0.15) is 66.4 Å². The highest BCUT2D eigenvalue weighted by atomic mass is 16.4. The molecule has 0 saturated carbocycles. The summed E-state index contributed by atoms with van der Waals surface area (Å²) < 4.78 is 0. The number of phenolic OH excluding ortho intramolecular Hbond substituents is 1. The van der Waals surface area contributed by atoms with Gasteiger partial charge in [-0.3, -0.25) is 38.4 Å². The Kier molecular flexibility index (Phi) is 20.6. The van der Waals surface area contributed by atoms with Gasteiger partial charge in [0.05, 0.1) is 19.6 Å². The molecule has 1 rings (SSSR count). The molecule has 56 heavy (non-hydrogen) atoms. The van der Waals surface area contributed by atoms with Gasteiger partial charge in [-0.15, -0.1) is 0 Å². The van der Waals surface area contributed by atoms with Gasteiger partial charge in [0.25, 0.3) is 0 Å². The molecule has 20 heteroatoms. The number of carboxylic acids is 1. The van der Waals surface area contributed by atoms with E-state index in [9.17, 15) is 53.4 Å². The summed E-state index contributed by atoms with van der Waals surface area (Å²) in [5, 5.41) is 36.3. The highest BCUT2D eigenvalue weighted by Gasteiger charge is 2.34. The number of nitrogens with two attached hydrogens (primary N) is 2. The van der Waals surface area contributed by atoms with Crippen molar-refractivity contribution in [3.63, 3.8) is 0 Å². The molecule has 0 radical (unpaired) electrons. The van der Waals surface area contributed by atoms with Crippen molar-refractivity contribution in [1.29, 1.82) is 0 Å². The number of aliphatic carboxylic acids is 1. The first-order valence-corrected chi connectivity index (χ1v) is 18.2. The van der Waals surface area contributed by atoms with Crippen molar-refractivity contribution in [2.75, 3.05) is 19.6 Å². The average molecular weight is 792 g/mol. The summed E-state index contributed by atoms with van der Waals surface area (Å²) in [5.74, 6) is -8.66. The number of carbonyl (C=O) groups is 9. The van der Waals surface area contributed by atoms with Gasteiger partial charge in [0.1, 0.15) is 36.0 Å². The molecule has 0 aliphatic rings. The third kappa shape index (κ3) is 17.1. The number of nitrogens with one attached hydrogen (secondary N) is 7. The Morgan fingerprint density at radius 2 is 1.18 bits per heavy atom. The van der Waals surface area contributed by atoms with Crippen molar-refractivity contribution in [2.45, 2.75) is 97.4 Å². The zero-order valence-corrected chi connectivity index (χ0v) is 32.6. The maximum Gasteiger partial charge on any atom is 0.326 e. The van der Waals surface area contributed by atoms with E-state index in [2.05, 4.69) is 37.2 Å². The normalized spacial score (nSPS) is 14.2. The number of rotatable bonds is 24. The quantitative estimate of drug-likeness (QED) is 0.0508. The summed E-state index contributed by atoms with van der Waals surface area (Å²) in [7, 11) is 0. The summed E-state index contributed by atoms with van der Waals surface area (Å²) in [6.07, 6.45) is -0.0368. The SMILES string of the molecule is CC[C@H](C)[C@H](NC(=O)[C@H](CCC(N)=O)NC(=O)CN)C(=O)N[C@H](C(=O)NCC(=O)NCC(=O)N[C@H](C(=O)N[C@@H](Cc1ccc(O)cc1)C(=O)O)C(C)C)C(C)C. The Hall–Kier alpha value is -5.79. The van der Waals surface area contributed by atoms with Crippen LogP contribution in [0.3, 0.4) is 0 Å². The topological polar surface area (TPSA) is 330 Å². The largest absolute Gasteiger partial charge is 0.508 e. The summed E-state index contributed by atoms with van der Waals surface area (Å²) in [4.78, 5) is 113. The fourth-order valence-electron chi connectivity index (χ4n) is 5.15. The maximum absolute atomic E-state index is 13.5. The number of carboxylic acid groups (broad SMARTS) is 1. The Balaban J connectivity index is 2.84. The summed E-state index contributed by atoms with van der Waals surface area (Å²) >= 11 is 0. The van der Waals surface area contributed by atoms with Crippen LogP contribution in [-0.2, 0) is 49.6 Å². The van der Waals surface area contributed by atoms with Gasteiger partial charge < -0.3 is 58.9 Å². The molecule has 6 atom stereocenters. The van der Waals surface area contributed by atoms with Gasteiger partial charge in [-0.25, -0.2) is 4.79 Å². The minimum Gasteiger partial charge on any atom is -0.508 e. The molecule has 0 fully saturated rings. The minimum atomic E-state index is -1.34. The smallest absolute Gasteiger partial charge is 0.326 e. The Morgan fingerprint density at radius 1 is 0.643 bits per heavy atom. The number of phenols is 1. The Morgan fingerprint density at radius 3 is 1.70 bits per heavy atom. The van der Waals surface area contributed by atoms with Crippen LogP contribution in [0, 0.1) is 17.8 Å². The standard InChI is InChI=1S/C36H57N9O11/c1-7-20(6)31(45-32(51)23(12-13-25(38)47)41-26(48)15-37)35(54)44-29(18(2)3)33(52)40-16-27(49)39-17-28(50)43-30(19(4)5)34(53)42-24(36(55)56)14-21-8-10-22(46)11-9-21/h8-11,18-20,23-24,29-31,46H,7,12-17,37H2,1-6H3,(H2,38,47)(H,39,49)(H,40,52)(H,41,48)(H,42,53)(H,43,50)(H,44,54)(H,45,51)(H,55,56)/t20-,23-,24-,29-,30-,31-/m0/s1. The molecule has 1 aromatic rings. The van der Waals surface area contributed by atoms with Crippen molar-refractivity contribution in [3.05, 3.63) is 29.8 Å². The predicted molar refractivity (Wildman–Crippen MR) is 202 cm³/mol. The van der Waals surface area contributed by atoms with Gasteiger partial charge in [-0.05, 0) is 41.9 Å². The minimum absolute atomic E-state index is 0.00989. The number of amides is 8. The van der Waals surface area contributed by atoms with Crippen LogP contribution < -0.4 is 48.7 Å². The van der Waals surface area contributed by atoms with Crippen LogP contribution in [-0.4, -0.2) is 113 Å². The van der Waals surface area contributed by atoms with Crippen LogP contribution in [0.2, 0.25) is 0 Å². The van der Waals surface area contributed by atoms with Crippen LogP contribution in [0.4, 0.5) is 0 Å². The molecule has 0 aromatic heterocycles. The first-order valence-electron chi connectivity index (χ1n) is 18.2. The van der Waals surface area contributed by atoms with Gasteiger partial charge in [0, 0.05) is 12.8 Å². The summed E-state index contributed by atoms with van der Waals surface area (Å²) in [5.41, 5.74) is 11.1. The third-order valence-electron chi connectivity index (χ3n) is 8.68. The van der Waals surface area contributed by atoms with E-state index in [0.717, 1.165) is 0 Å². The highest BCUT2D eigenvalue weighted by molar-refractivity contribution is 5.96. The van der Waals surface area contributed by atoms with Gasteiger partial charge >= 0.3 is 5.97 Å².